The van der Waals surface area contributed by atoms with E-state index in [0.717, 1.165) is 50.5 Å². The van der Waals surface area contributed by atoms with Gasteiger partial charge in [-0.1, -0.05) is 81.5 Å². The third-order valence-corrected chi connectivity index (χ3v) is 11.1. The first-order valence-electron chi connectivity index (χ1n) is 17.2. The number of aliphatic hydroxyl groups excluding tert-OH is 1. The molecule has 1 N–H and O–H groups in total. The first-order valence-corrected chi connectivity index (χ1v) is 17.2. The molecule has 4 aliphatic rings. The maximum absolute atomic E-state index is 14.9. The van der Waals surface area contributed by atoms with Gasteiger partial charge in [-0.05, 0) is 50.5 Å². The summed E-state index contributed by atoms with van der Waals surface area (Å²) in [5.41, 5.74) is -0.922. The topological polar surface area (TPSA) is 90.4 Å². The number of rotatable bonds is 15. The van der Waals surface area contributed by atoms with E-state index in [2.05, 4.69) is 20.1 Å². The highest BCUT2D eigenvalue weighted by molar-refractivity contribution is 5.99. The van der Waals surface area contributed by atoms with Crippen LogP contribution in [0.4, 0.5) is 0 Å². The largest absolute Gasteiger partial charge is 0.396 e. The number of fused-ring (bicyclic) bond motifs is 1. The zero-order chi connectivity index (χ0) is 32.2. The summed E-state index contributed by atoms with van der Waals surface area (Å²) in [7, 11) is 0. The molecule has 0 aromatic heterocycles. The van der Waals surface area contributed by atoms with E-state index in [0.29, 0.717) is 39.0 Å². The predicted octanol–water partition coefficient (Wildman–Crippen LogP) is 5.11. The molecule has 1 aliphatic carbocycles. The number of carbonyl (C=O) groups is 3. The van der Waals surface area contributed by atoms with Crippen molar-refractivity contribution in [1.29, 1.82) is 0 Å². The van der Waals surface area contributed by atoms with Gasteiger partial charge in [0.1, 0.15) is 11.6 Å². The number of nitrogens with zero attached hydrogens (tertiary/aromatic N) is 3. The molecule has 6 atom stereocenters. The molecule has 5 rings (SSSR count). The highest BCUT2D eigenvalue weighted by Gasteiger charge is 2.80. The van der Waals surface area contributed by atoms with Crippen molar-refractivity contribution in [2.45, 2.75) is 108 Å². The van der Waals surface area contributed by atoms with Crippen LogP contribution in [0.3, 0.4) is 0 Å². The van der Waals surface area contributed by atoms with E-state index in [1.54, 1.807) is 22.0 Å². The Labute approximate surface area is 269 Å². The van der Waals surface area contributed by atoms with Crippen LogP contribution in [0.15, 0.2) is 55.6 Å². The molecular weight excluding hydrogens is 566 g/mol. The van der Waals surface area contributed by atoms with E-state index in [1.165, 1.54) is 6.42 Å². The second kappa shape index (κ2) is 14.2. The molecule has 1 saturated carbocycles. The van der Waals surface area contributed by atoms with Crippen molar-refractivity contribution in [3.63, 3.8) is 0 Å². The lowest BCUT2D eigenvalue weighted by molar-refractivity contribution is -0.156. The molecule has 45 heavy (non-hydrogen) atoms. The van der Waals surface area contributed by atoms with Gasteiger partial charge in [0.25, 0.3) is 0 Å². The van der Waals surface area contributed by atoms with Crippen molar-refractivity contribution in [3.8, 4) is 0 Å². The van der Waals surface area contributed by atoms with Gasteiger partial charge in [0.05, 0.1) is 17.4 Å². The summed E-state index contributed by atoms with van der Waals surface area (Å²) >= 11 is 0. The number of aliphatic hydroxyl groups is 1. The Bertz CT molecular complexity index is 1230. The molecule has 246 valence electrons. The lowest BCUT2D eigenvalue weighted by Crippen LogP contribution is -2.58. The quantitative estimate of drug-likeness (QED) is 0.218. The molecule has 3 unspecified atom stereocenters. The lowest BCUT2D eigenvalue weighted by atomic mass is 9.62. The number of carbonyl (C=O) groups excluding carboxylic acids is 3. The zero-order valence-electron chi connectivity index (χ0n) is 27.4. The zero-order valence-corrected chi connectivity index (χ0v) is 27.4. The van der Waals surface area contributed by atoms with Crippen LogP contribution in [0.25, 0.3) is 0 Å². The molecule has 2 bridgehead atoms. The Morgan fingerprint density at radius 2 is 1.71 bits per heavy atom. The smallest absolute Gasteiger partial charge is 0.248 e. The van der Waals surface area contributed by atoms with E-state index >= 15 is 0 Å². The van der Waals surface area contributed by atoms with Crippen LogP contribution >= 0.6 is 0 Å². The second-order valence-corrected chi connectivity index (χ2v) is 13.9. The molecule has 8 nitrogen and oxygen atoms in total. The SMILES string of the molecule is C=CCN(Cc1ccccc1)C(=O)[C@H]1[C@H]2C(=O)N(CCCCCCO)C(C(=O)N(CC=C)C3CCCCC3)C23CC(C)[C@]1(C)O3. The number of unbranched alkanes of at least 4 members (excludes halogenated alkanes) is 3. The van der Waals surface area contributed by atoms with Gasteiger partial charge in [-0.3, -0.25) is 14.4 Å². The molecule has 3 amide bonds. The van der Waals surface area contributed by atoms with Gasteiger partial charge < -0.3 is 24.5 Å². The van der Waals surface area contributed by atoms with Crippen molar-refractivity contribution in [1.82, 2.24) is 14.7 Å². The maximum Gasteiger partial charge on any atom is 0.248 e. The molecule has 1 spiro atoms. The summed E-state index contributed by atoms with van der Waals surface area (Å²) in [6, 6.07) is 9.20. The fraction of sp³-hybridized carbons (Fsp3) is 0.649. The number of ether oxygens (including phenoxy) is 1. The second-order valence-electron chi connectivity index (χ2n) is 13.9. The summed E-state index contributed by atoms with van der Waals surface area (Å²) in [6.07, 6.45) is 12.5. The van der Waals surface area contributed by atoms with E-state index < -0.39 is 29.1 Å². The normalized spacial score (nSPS) is 30.7. The van der Waals surface area contributed by atoms with E-state index in [9.17, 15) is 19.5 Å². The average Bonchev–Trinajstić information content (AvgIpc) is 3.56. The highest BCUT2D eigenvalue weighted by atomic mass is 16.5. The number of hydrogen-bond donors (Lipinski definition) is 1. The minimum atomic E-state index is -1.06. The minimum Gasteiger partial charge on any atom is -0.396 e. The summed E-state index contributed by atoms with van der Waals surface area (Å²) in [4.78, 5) is 49.7. The van der Waals surface area contributed by atoms with Gasteiger partial charge in [-0.15, -0.1) is 13.2 Å². The average molecular weight is 620 g/mol. The summed E-state index contributed by atoms with van der Waals surface area (Å²) in [5.74, 6) is -1.75. The van der Waals surface area contributed by atoms with Crippen LogP contribution in [0, 0.1) is 17.8 Å². The minimum absolute atomic E-state index is 0.0138. The lowest BCUT2D eigenvalue weighted by Gasteiger charge is -2.41. The molecule has 3 heterocycles. The molecule has 1 aromatic rings. The van der Waals surface area contributed by atoms with Crippen molar-refractivity contribution in [2.24, 2.45) is 17.8 Å². The van der Waals surface area contributed by atoms with E-state index in [-0.39, 0.29) is 36.3 Å². The van der Waals surface area contributed by atoms with Crippen LogP contribution in [-0.2, 0) is 25.7 Å². The van der Waals surface area contributed by atoms with Crippen molar-refractivity contribution < 1.29 is 24.2 Å². The molecule has 8 heteroatoms. The van der Waals surface area contributed by atoms with Crippen LogP contribution in [0.1, 0.15) is 83.6 Å². The number of hydrogen-bond acceptors (Lipinski definition) is 5. The molecule has 4 fully saturated rings. The Kier molecular flexibility index (Phi) is 10.5. The van der Waals surface area contributed by atoms with Gasteiger partial charge >= 0.3 is 0 Å². The third-order valence-electron chi connectivity index (χ3n) is 11.1. The first-order chi connectivity index (χ1) is 21.7. The monoisotopic (exact) mass is 619 g/mol. The molecule has 3 saturated heterocycles. The fourth-order valence-electron chi connectivity index (χ4n) is 8.88. The van der Waals surface area contributed by atoms with Gasteiger partial charge in [-0.2, -0.15) is 0 Å². The third kappa shape index (κ3) is 6.12. The predicted molar refractivity (Wildman–Crippen MR) is 175 cm³/mol. The Hall–Kier alpha value is -2.97. The molecular formula is C37H53N3O5. The van der Waals surface area contributed by atoms with Crippen molar-refractivity contribution in [3.05, 3.63) is 61.2 Å². The van der Waals surface area contributed by atoms with Gasteiger partial charge in [-0.25, -0.2) is 0 Å². The van der Waals surface area contributed by atoms with Gasteiger partial charge in [0, 0.05) is 38.8 Å². The molecule has 3 aliphatic heterocycles. The standard InChI is InChI=1S/C37H53N3O5/c1-5-21-38(26-28-17-11-9-12-18-28)33(42)30-31-34(43)40(23-15-7-8-16-24-41)32(37(31)25-27(3)36(30,4)45-37)35(44)39(22-6-2)29-19-13-10-14-20-29/h5-6,9,11-12,17-18,27,29-32,41H,1-2,7-8,10,13-16,19-26H2,3-4H3/t27?,30-,31+,32?,36+,37?/m1/s1. The van der Waals surface area contributed by atoms with Gasteiger partial charge in [0.15, 0.2) is 0 Å². The highest BCUT2D eigenvalue weighted by Crippen LogP contribution is 2.65. The summed E-state index contributed by atoms with van der Waals surface area (Å²) in [6.45, 7) is 13.8. The van der Waals surface area contributed by atoms with E-state index in [1.807, 2.05) is 42.2 Å². The van der Waals surface area contributed by atoms with Gasteiger partial charge in [0.2, 0.25) is 17.7 Å². The van der Waals surface area contributed by atoms with Crippen LogP contribution in [0.5, 0.6) is 0 Å². The Morgan fingerprint density at radius 1 is 1.02 bits per heavy atom. The van der Waals surface area contributed by atoms with Crippen LogP contribution < -0.4 is 0 Å². The summed E-state index contributed by atoms with van der Waals surface area (Å²) < 4.78 is 7.05. The summed E-state index contributed by atoms with van der Waals surface area (Å²) in [5, 5.41) is 9.27. The molecule has 1 aromatic carbocycles. The number of benzene rings is 1. The first kappa shape index (κ1) is 33.4. The number of amides is 3. The Morgan fingerprint density at radius 3 is 2.38 bits per heavy atom. The van der Waals surface area contributed by atoms with Crippen molar-refractivity contribution in [2.75, 3.05) is 26.2 Å². The van der Waals surface area contributed by atoms with Crippen LogP contribution in [-0.4, -0.2) is 87.1 Å². The number of likely N-dealkylation sites (tertiary alicyclic amines) is 1. The van der Waals surface area contributed by atoms with Crippen molar-refractivity contribution >= 4 is 17.7 Å². The van der Waals surface area contributed by atoms with Crippen LogP contribution in [0.2, 0.25) is 0 Å². The fourth-order valence-corrected chi connectivity index (χ4v) is 8.88. The molecule has 0 radical (unpaired) electrons. The van der Waals surface area contributed by atoms with E-state index in [4.69, 9.17) is 4.74 Å². The Balaban J connectivity index is 1.52. The maximum atomic E-state index is 14.9.